The van der Waals surface area contributed by atoms with E-state index in [0.29, 0.717) is 0 Å². The molecule has 1 rings (SSSR count). The summed E-state index contributed by atoms with van der Waals surface area (Å²) in [5.41, 5.74) is 5.72. The van der Waals surface area contributed by atoms with Gasteiger partial charge in [-0.15, -0.1) is 6.58 Å². The molecule has 2 atom stereocenters. The van der Waals surface area contributed by atoms with Gasteiger partial charge in [-0.05, 0) is 31.1 Å². The summed E-state index contributed by atoms with van der Waals surface area (Å²) in [6, 6.07) is 0.218. The quantitative estimate of drug-likeness (QED) is 0.592. The predicted octanol–water partition coefficient (Wildman–Crippen LogP) is 1.94. The molecule has 10 heavy (non-hydrogen) atoms. The van der Waals surface area contributed by atoms with Crippen molar-refractivity contribution in [2.45, 2.75) is 32.2 Å². The van der Waals surface area contributed by atoms with Crippen LogP contribution in [0.25, 0.3) is 0 Å². The van der Waals surface area contributed by atoms with Crippen LogP contribution < -0.4 is 5.73 Å². The molecule has 0 aromatic carbocycles. The van der Waals surface area contributed by atoms with Gasteiger partial charge in [-0.1, -0.05) is 13.0 Å². The van der Waals surface area contributed by atoms with Crippen molar-refractivity contribution in [1.29, 1.82) is 0 Å². The average Bonchev–Trinajstić information content (AvgIpc) is 2.68. The first-order valence-electron chi connectivity index (χ1n) is 4.12. The van der Waals surface area contributed by atoms with Crippen molar-refractivity contribution in [3.63, 3.8) is 0 Å². The lowest BCUT2D eigenvalue weighted by atomic mass is 9.98. The van der Waals surface area contributed by atoms with E-state index in [1.165, 1.54) is 12.8 Å². The maximum absolute atomic E-state index is 5.72. The van der Waals surface area contributed by atoms with E-state index in [-0.39, 0.29) is 6.04 Å². The topological polar surface area (TPSA) is 26.0 Å². The maximum atomic E-state index is 5.72. The van der Waals surface area contributed by atoms with Crippen molar-refractivity contribution in [2.24, 2.45) is 17.6 Å². The highest BCUT2D eigenvalue weighted by Gasteiger charge is 2.28. The highest BCUT2D eigenvalue weighted by Crippen LogP contribution is 2.38. The first-order chi connectivity index (χ1) is 4.74. The zero-order valence-corrected chi connectivity index (χ0v) is 6.72. The summed E-state index contributed by atoms with van der Waals surface area (Å²) in [7, 11) is 0. The molecule has 0 amide bonds. The molecule has 0 aromatic heterocycles. The summed E-state index contributed by atoms with van der Waals surface area (Å²) < 4.78 is 0. The number of rotatable bonds is 4. The molecule has 0 aromatic rings. The van der Waals surface area contributed by atoms with Crippen LogP contribution in [0.4, 0.5) is 0 Å². The second-order valence-electron chi connectivity index (χ2n) is 3.45. The molecule has 0 aliphatic heterocycles. The van der Waals surface area contributed by atoms with Gasteiger partial charge in [-0.3, -0.25) is 0 Å². The van der Waals surface area contributed by atoms with E-state index in [2.05, 4.69) is 13.5 Å². The lowest BCUT2D eigenvalue weighted by Gasteiger charge is -2.12. The van der Waals surface area contributed by atoms with Gasteiger partial charge in [-0.2, -0.15) is 0 Å². The number of nitrogens with two attached hydrogens (primary N) is 1. The molecule has 1 unspecified atom stereocenters. The molecule has 0 spiro atoms. The third kappa shape index (κ3) is 2.14. The first-order valence-corrected chi connectivity index (χ1v) is 4.12. The molecule has 1 aliphatic carbocycles. The normalized spacial score (nSPS) is 23.8. The first kappa shape index (κ1) is 7.80. The van der Waals surface area contributed by atoms with Gasteiger partial charge in [0.05, 0.1) is 0 Å². The lowest BCUT2D eigenvalue weighted by molar-refractivity contribution is 0.448. The summed E-state index contributed by atoms with van der Waals surface area (Å²) >= 11 is 0. The van der Waals surface area contributed by atoms with Gasteiger partial charge in [-0.25, -0.2) is 0 Å². The van der Waals surface area contributed by atoms with Crippen LogP contribution >= 0.6 is 0 Å². The maximum Gasteiger partial charge on any atom is 0.0223 e. The van der Waals surface area contributed by atoms with Crippen molar-refractivity contribution >= 4 is 0 Å². The largest absolute Gasteiger partial charge is 0.324 e. The molecule has 0 bridgehead atoms. The summed E-state index contributed by atoms with van der Waals surface area (Å²) in [6.07, 6.45) is 5.81. The fraction of sp³-hybridized carbons (Fsp3) is 0.778. The minimum absolute atomic E-state index is 0.218. The molecule has 1 fully saturated rings. The Hall–Kier alpha value is -0.300. The van der Waals surface area contributed by atoms with Gasteiger partial charge in [0.2, 0.25) is 0 Å². The van der Waals surface area contributed by atoms with Crippen molar-refractivity contribution in [3.8, 4) is 0 Å². The Bertz CT molecular complexity index is 116. The van der Waals surface area contributed by atoms with E-state index >= 15 is 0 Å². The molecule has 1 nitrogen and oxygen atoms in total. The fourth-order valence-corrected chi connectivity index (χ4v) is 1.38. The Kier molecular flexibility index (Phi) is 2.50. The molecular weight excluding hydrogens is 122 g/mol. The highest BCUT2D eigenvalue weighted by molar-refractivity contribution is 4.87. The zero-order chi connectivity index (χ0) is 7.56. The zero-order valence-electron chi connectivity index (χ0n) is 6.72. The summed E-state index contributed by atoms with van der Waals surface area (Å²) in [5.74, 6) is 1.79. The van der Waals surface area contributed by atoms with Gasteiger partial charge >= 0.3 is 0 Å². The minimum Gasteiger partial charge on any atom is -0.324 e. The summed E-state index contributed by atoms with van der Waals surface area (Å²) in [4.78, 5) is 0. The van der Waals surface area contributed by atoms with Gasteiger partial charge in [0.1, 0.15) is 0 Å². The Morgan fingerprint density at radius 1 is 1.70 bits per heavy atom. The molecule has 2 N–H and O–H groups in total. The van der Waals surface area contributed by atoms with E-state index in [4.69, 9.17) is 5.73 Å². The molecular formula is C9H17N. The van der Waals surface area contributed by atoms with Crippen LogP contribution in [-0.2, 0) is 0 Å². The second-order valence-corrected chi connectivity index (χ2v) is 3.45. The molecule has 0 saturated heterocycles. The Labute approximate surface area is 63.3 Å². The molecule has 58 valence electrons. The molecule has 1 heteroatoms. The summed E-state index contributed by atoms with van der Waals surface area (Å²) in [5, 5.41) is 0. The fourth-order valence-electron chi connectivity index (χ4n) is 1.38. The predicted molar refractivity (Wildman–Crippen MR) is 44.7 cm³/mol. The van der Waals surface area contributed by atoms with Crippen molar-refractivity contribution in [2.75, 3.05) is 0 Å². The SMILES string of the molecule is C=CC(N)C[C@H](C)C1CC1. The van der Waals surface area contributed by atoms with Gasteiger partial charge in [0, 0.05) is 6.04 Å². The van der Waals surface area contributed by atoms with Crippen LogP contribution in [0, 0.1) is 11.8 Å². The van der Waals surface area contributed by atoms with E-state index < -0.39 is 0 Å². The van der Waals surface area contributed by atoms with Crippen LogP contribution in [0.15, 0.2) is 12.7 Å². The molecule has 0 radical (unpaired) electrons. The smallest absolute Gasteiger partial charge is 0.0223 e. The van der Waals surface area contributed by atoms with E-state index in [0.717, 1.165) is 18.3 Å². The van der Waals surface area contributed by atoms with Crippen LogP contribution in [0.1, 0.15) is 26.2 Å². The third-order valence-corrected chi connectivity index (χ3v) is 2.37. The van der Waals surface area contributed by atoms with Gasteiger partial charge < -0.3 is 5.73 Å². The summed E-state index contributed by atoms with van der Waals surface area (Å²) in [6.45, 7) is 5.96. The average molecular weight is 139 g/mol. The van der Waals surface area contributed by atoms with E-state index in [1.54, 1.807) is 0 Å². The van der Waals surface area contributed by atoms with E-state index in [1.807, 2.05) is 6.08 Å². The Balaban J connectivity index is 2.15. The molecule has 1 aliphatic rings. The highest BCUT2D eigenvalue weighted by atomic mass is 14.6. The lowest BCUT2D eigenvalue weighted by Crippen LogP contribution is -2.20. The number of hydrogen-bond acceptors (Lipinski definition) is 1. The second kappa shape index (κ2) is 3.20. The third-order valence-electron chi connectivity index (χ3n) is 2.37. The van der Waals surface area contributed by atoms with Gasteiger partial charge in [0.15, 0.2) is 0 Å². The van der Waals surface area contributed by atoms with Crippen molar-refractivity contribution in [3.05, 3.63) is 12.7 Å². The number of hydrogen-bond donors (Lipinski definition) is 1. The Morgan fingerprint density at radius 3 is 2.70 bits per heavy atom. The van der Waals surface area contributed by atoms with E-state index in [9.17, 15) is 0 Å². The van der Waals surface area contributed by atoms with Gasteiger partial charge in [0.25, 0.3) is 0 Å². The molecule has 1 saturated carbocycles. The standard InChI is InChI=1S/C9H17N/c1-3-9(10)6-7(2)8-4-5-8/h3,7-9H,1,4-6,10H2,2H3/t7-,9?/m0/s1. The van der Waals surface area contributed by atoms with Crippen LogP contribution in [-0.4, -0.2) is 6.04 Å². The van der Waals surface area contributed by atoms with Crippen LogP contribution in [0.5, 0.6) is 0 Å². The monoisotopic (exact) mass is 139 g/mol. The van der Waals surface area contributed by atoms with Crippen molar-refractivity contribution in [1.82, 2.24) is 0 Å². The Morgan fingerprint density at radius 2 is 2.30 bits per heavy atom. The van der Waals surface area contributed by atoms with Crippen LogP contribution in [0.3, 0.4) is 0 Å². The minimum atomic E-state index is 0.218. The molecule has 0 heterocycles. The van der Waals surface area contributed by atoms with Crippen LogP contribution in [0.2, 0.25) is 0 Å². The van der Waals surface area contributed by atoms with Crippen molar-refractivity contribution < 1.29 is 0 Å².